The summed E-state index contributed by atoms with van der Waals surface area (Å²) in [6.45, 7) is -0.0735. The van der Waals surface area contributed by atoms with E-state index in [1.54, 1.807) is 18.2 Å². The van der Waals surface area contributed by atoms with E-state index in [-0.39, 0.29) is 35.1 Å². The van der Waals surface area contributed by atoms with Crippen LogP contribution in [-0.2, 0) is 26.4 Å². The fraction of sp³-hybridized carbons (Fsp3) is 0.412. The van der Waals surface area contributed by atoms with Crippen molar-refractivity contribution in [1.29, 1.82) is 0 Å². The molecule has 1 atom stereocenters. The first-order chi connectivity index (χ1) is 12.8. The van der Waals surface area contributed by atoms with Gasteiger partial charge in [0.1, 0.15) is 22.2 Å². The second-order valence-corrected chi connectivity index (χ2v) is 10.3. The summed E-state index contributed by atoms with van der Waals surface area (Å²) in [5.74, 6) is 0.660. The summed E-state index contributed by atoms with van der Waals surface area (Å²) in [5.41, 5.74) is 0. The second-order valence-electron chi connectivity index (χ2n) is 6.20. The molecule has 10 heteroatoms. The largest absolute Gasteiger partial charge is 0.497 e. The molecule has 2 aromatic rings. The third-order valence-corrected chi connectivity index (χ3v) is 8.13. The normalized spacial score (nSPS) is 19.3. The minimum atomic E-state index is -4.08. The van der Waals surface area contributed by atoms with E-state index in [4.69, 9.17) is 13.9 Å². The first-order valence-electron chi connectivity index (χ1n) is 8.23. The van der Waals surface area contributed by atoms with Gasteiger partial charge in [-0.25, -0.2) is 16.8 Å². The highest BCUT2D eigenvalue weighted by Crippen LogP contribution is 2.34. The molecular weight excluding hydrogens is 394 g/mol. The Bertz CT molecular complexity index is 998. The van der Waals surface area contributed by atoms with Crippen LogP contribution in [0.1, 0.15) is 12.2 Å². The Morgan fingerprint density at radius 1 is 1.22 bits per heavy atom. The van der Waals surface area contributed by atoms with Gasteiger partial charge in [0.25, 0.3) is 0 Å². The molecule has 8 nitrogen and oxygen atoms in total. The van der Waals surface area contributed by atoms with Gasteiger partial charge in [0, 0.05) is 12.1 Å². The summed E-state index contributed by atoms with van der Waals surface area (Å²) in [6, 6.07) is 7.08. The number of sulfone groups is 1. The van der Waals surface area contributed by atoms with Crippen LogP contribution in [0, 0.1) is 0 Å². The standard InChI is InChI=1S/C17H21NO7S2/c1-23-14-5-6-16(24-2)17(10-14)27(21,22)18(11-15-4-3-8-25-15)13-7-9-26(19,20)12-13/h3-6,8,10,13H,7,9,11-12H2,1-2H3/t13-/m0/s1. The summed E-state index contributed by atoms with van der Waals surface area (Å²) in [7, 11) is -4.56. The van der Waals surface area contributed by atoms with Gasteiger partial charge in [-0.15, -0.1) is 0 Å². The lowest BCUT2D eigenvalue weighted by Gasteiger charge is -2.27. The van der Waals surface area contributed by atoms with Gasteiger partial charge in [0.15, 0.2) is 9.84 Å². The lowest BCUT2D eigenvalue weighted by atomic mass is 10.2. The smallest absolute Gasteiger partial charge is 0.247 e. The number of hydrogen-bond donors (Lipinski definition) is 0. The summed E-state index contributed by atoms with van der Waals surface area (Å²) in [5, 5.41) is 0. The van der Waals surface area contributed by atoms with Gasteiger partial charge in [-0.3, -0.25) is 0 Å². The number of benzene rings is 1. The minimum Gasteiger partial charge on any atom is -0.497 e. The highest BCUT2D eigenvalue weighted by molar-refractivity contribution is 7.92. The fourth-order valence-electron chi connectivity index (χ4n) is 3.08. The number of furan rings is 1. The van der Waals surface area contributed by atoms with Crippen LogP contribution in [0.5, 0.6) is 11.5 Å². The number of nitrogens with zero attached hydrogens (tertiary/aromatic N) is 1. The molecule has 0 unspecified atom stereocenters. The molecule has 1 aromatic heterocycles. The van der Waals surface area contributed by atoms with Crippen molar-refractivity contribution in [2.75, 3.05) is 25.7 Å². The minimum absolute atomic E-state index is 0.0446. The van der Waals surface area contributed by atoms with Crippen LogP contribution >= 0.6 is 0 Å². The van der Waals surface area contributed by atoms with Gasteiger partial charge in [-0.1, -0.05) is 0 Å². The van der Waals surface area contributed by atoms with Gasteiger partial charge >= 0.3 is 0 Å². The van der Waals surface area contributed by atoms with E-state index in [0.29, 0.717) is 11.5 Å². The number of ether oxygens (including phenoxy) is 2. The molecule has 0 amide bonds. The molecular formula is C17H21NO7S2. The van der Waals surface area contributed by atoms with Crippen molar-refractivity contribution in [3.05, 3.63) is 42.4 Å². The molecule has 0 radical (unpaired) electrons. The van der Waals surface area contributed by atoms with Crippen LogP contribution in [0.25, 0.3) is 0 Å². The maximum absolute atomic E-state index is 13.5. The molecule has 1 saturated heterocycles. The second kappa shape index (κ2) is 7.53. The van der Waals surface area contributed by atoms with Crippen molar-refractivity contribution < 1.29 is 30.7 Å². The number of rotatable bonds is 7. The van der Waals surface area contributed by atoms with Crippen molar-refractivity contribution in [2.45, 2.75) is 23.9 Å². The van der Waals surface area contributed by atoms with Crippen LogP contribution < -0.4 is 9.47 Å². The Hall–Kier alpha value is -2.04. The molecule has 1 aromatic carbocycles. The van der Waals surface area contributed by atoms with E-state index >= 15 is 0 Å². The van der Waals surface area contributed by atoms with Crippen molar-refractivity contribution in [3.8, 4) is 11.5 Å². The van der Waals surface area contributed by atoms with Crippen molar-refractivity contribution in [2.24, 2.45) is 0 Å². The average molecular weight is 415 g/mol. The number of methoxy groups -OCH3 is 2. The van der Waals surface area contributed by atoms with E-state index < -0.39 is 25.9 Å². The highest BCUT2D eigenvalue weighted by atomic mass is 32.2. The molecule has 1 aliphatic heterocycles. The van der Waals surface area contributed by atoms with Crippen LogP contribution in [0.3, 0.4) is 0 Å². The number of hydrogen-bond acceptors (Lipinski definition) is 7. The topological polar surface area (TPSA) is 103 Å². The average Bonchev–Trinajstić information content (AvgIpc) is 3.27. The van der Waals surface area contributed by atoms with Gasteiger partial charge in [-0.2, -0.15) is 4.31 Å². The lowest BCUT2D eigenvalue weighted by Crippen LogP contribution is -2.40. The Morgan fingerprint density at radius 3 is 2.56 bits per heavy atom. The first kappa shape index (κ1) is 19.7. The molecule has 27 heavy (non-hydrogen) atoms. The summed E-state index contributed by atoms with van der Waals surface area (Å²) >= 11 is 0. The third-order valence-electron chi connectivity index (χ3n) is 4.46. The van der Waals surface area contributed by atoms with Crippen LogP contribution in [0.2, 0.25) is 0 Å². The van der Waals surface area contributed by atoms with Crippen LogP contribution in [-0.4, -0.2) is 52.9 Å². The third kappa shape index (κ3) is 4.12. The summed E-state index contributed by atoms with van der Waals surface area (Å²) in [4.78, 5) is -0.0831. The summed E-state index contributed by atoms with van der Waals surface area (Å²) < 4.78 is 67.6. The van der Waals surface area contributed by atoms with Crippen molar-refractivity contribution in [3.63, 3.8) is 0 Å². The zero-order valence-electron chi connectivity index (χ0n) is 15.0. The maximum Gasteiger partial charge on any atom is 0.247 e. The molecule has 0 saturated carbocycles. The molecule has 0 bridgehead atoms. The first-order valence-corrected chi connectivity index (χ1v) is 11.5. The SMILES string of the molecule is COc1ccc(OC)c(S(=O)(=O)N(Cc2ccco2)[C@H]2CCS(=O)(=O)C2)c1. The van der Waals surface area contributed by atoms with Gasteiger partial charge in [0.2, 0.25) is 10.0 Å². The molecule has 1 fully saturated rings. The summed E-state index contributed by atoms with van der Waals surface area (Å²) in [6.07, 6.45) is 1.67. The quantitative estimate of drug-likeness (QED) is 0.678. The molecule has 148 valence electrons. The lowest BCUT2D eigenvalue weighted by molar-refractivity contribution is 0.304. The van der Waals surface area contributed by atoms with E-state index in [2.05, 4.69) is 0 Å². The molecule has 0 aliphatic carbocycles. The predicted molar refractivity (Wildman–Crippen MR) is 98.0 cm³/mol. The zero-order chi connectivity index (χ0) is 19.7. The highest BCUT2D eigenvalue weighted by Gasteiger charge is 2.40. The molecule has 0 spiro atoms. The maximum atomic E-state index is 13.5. The van der Waals surface area contributed by atoms with E-state index in [1.165, 1.54) is 36.9 Å². The molecule has 1 aliphatic rings. The van der Waals surface area contributed by atoms with E-state index in [9.17, 15) is 16.8 Å². The monoisotopic (exact) mass is 415 g/mol. The van der Waals surface area contributed by atoms with Crippen molar-refractivity contribution in [1.82, 2.24) is 4.31 Å². The van der Waals surface area contributed by atoms with Gasteiger partial charge in [0.05, 0.1) is 38.5 Å². The molecule has 3 rings (SSSR count). The Balaban J connectivity index is 2.07. The Labute approximate surface area is 158 Å². The molecule has 0 N–H and O–H groups in total. The number of sulfonamides is 1. The van der Waals surface area contributed by atoms with Crippen molar-refractivity contribution >= 4 is 19.9 Å². The van der Waals surface area contributed by atoms with E-state index in [1.807, 2.05) is 0 Å². The van der Waals surface area contributed by atoms with Crippen LogP contribution in [0.15, 0.2) is 45.9 Å². The van der Waals surface area contributed by atoms with E-state index in [0.717, 1.165) is 0 Å². The Kier molecular flexibility index (Phi) is 5.50. The fourth-order valence-corrected chi connectivity index (χ4v) is 6.70. The molecule has 2 heterocycles. The van der Waals surface area contributed by atoms with Crippen LogP contribution in [0.4, 0.5) is 0 Å². The Morgan fingerprint density at radius 2 is 2.00 bits per heavy atom. The zero-order valence-corrected chi connectivity index (χ0v) is 16.6. The predicted octanol–water partition coefficient (Wildman–Crippen LogP) is 1.67. The van der Waals surface area contributed by atoms with Gasteiger partial charge < -0.3 is 13.9 Å². The van der Waals surface area contributed by atoms with Gasteiger partial charge in [-0.05, 0) is 30.7 Å².